The van der Waals surface area contributed by atoms with Gasteiger partial charge in [-0.2, -0.15) is 0 Å². The molecule has 0 aromatic heterocycles. The number of morpholine rings is 1. The van der Waals surface area contributed by atoms with Crippen molar-refractivity contribution in [2.24, 2.45) is 5.92 Å². The topological polar surface area (TPSA) is 48.0 Å². The lowest BCUT2D eigenvalue weighted by Crippen LogP contribution is -2.46. The van der Waals surface area contributed by atoms with Gasteiger partial charge in [0.2, 0.25) is 0 Å². The normalized spacial score (nSPS) is 20.0. The van der Waals surface area contributed by atoms with Gasteiger partial charge >= 0.3 is 5.97 Å². The van der Waals surface area contributed by atoms with Gasteiger partial charge in [0.05, 0.1) is 6.61 Å². The molecule has 2 atom stereocenters. The number of hydrogen-bond donors (Lipinski definition) is 0. The van der Waals surface area contributed by atoms with Crippen LogP contribution < -0.4 is 4.74 Å². The maximum atomic E-state index is 12.1. The summed E-state index contributed by atoms with van der Waals surface area (Å²) in [7, 11) is 0. The van der Waals surface area contributed by atoms with Gasteiger partial charge in [-0.05, 0) is 37.1 Å². The van der Waals surface area contributed by atoms with E-state index >= 15 is 0 Å². The van der Waals surface area contributed by atoms with E-state index in [1.165, 1.54) is 0 Å². The third-order valence-corrected chi connectivity index (χ3v) is 3.97. The highest BCUT2D eigenvalue weighted by Crippen LogP contribution is 2.17. The van der Waals surface area contributed by atoms with Gasteiger partial charge in [0.1, 0.15) is 18.5 Å². The lowest BCUT2D eigenvalue weighted by Gasteiger charge is -2.33. The summed E-state index contributed by atoms with van der Waals surface area (Å²) in [5.41, 5.74) is 0. The fourth-order valence-corrected chi connectivity index (χ4v) is 2.75. The van der Waals surface area contributed by atoms with E-state index in [4.69, 9.17) is 25.8 Å². The molecule has 0 spiro atoms. The first-order valence-corrected chi connectivity index (χ1v) is 8.74. The van der Waals surface area contributed by atoms with Crippen molar-refractivity contribution in [3.8, 4) is 5.75 Å². The largest absolute Gasteiger partial charge is 0.479 e. The molecular formula is C18H26ClNO4. The third-order valence-electron chi connectivity index (χ3n) is 3.72. The standard InChI is InChI=1S/C18H26ClNO4/c1-13(2)10-20-8-9-22-17(11-20)12-23-18(21)14(3)24-16-6-4-15(19)5-7-16/h4-7,13-14,17H,8-12H2,1-3H3. The first-order chi connectivity index (χ1) is 11.4. The number of carbonyl (C=O) groups excluding carboxylic acids is 1. The summed E-state index contributed by atoms with van der Waals surface area (Å²) in [6.07, 6.45) is -0.759. The summed E-state index contributed by atoms with van der Waals surface area (Å²) in [6, 6.07) is 6.88. The second kappa shape index (κ2) is 9.25. The van der Waals surface area contributed by atoms with Gasteiger partial charge in [0.25, 0.3) is 0 Å². The number of benzene rings is 1. The molecule has 1 aromatic rings. The summed E-state index contributed by atoms with van der Waals surface area (Å²) in [4.78, 5) is 14.4. The molecule has 24 heavy (non-hydrogen) atoms. The lowest BCUT2D eigenvalue weighted by atomic mass is 10.2. The second-order valence-electron chi connectivity index (χ2n) is 6.49. The van der Waals surface area contributed by atoms with Crippen molar-refractivity contribution in [2.75, 3.05) is 32.8 Å². The number of halogens is 1. The Bertz CT molecular complexity index is 520. The molecule has 1 saturated heterocycles. The first-order valence-electron chi connectivity index (χ1n) is 8.37. The number of carbonyl (C=O) groups is 1. The molecule has 2 unspecified atom stereocenters. The molecule has 1 heterocycles. The number of nitrogens with zero attached hydrogens (tertiary/aromatic N) is 1. The Morgan fingerprint density at radius 2 is 2.04 bits per heavy atom. The van der Waals surface area contributed by atoms with Gasteiger partial charge in [-0.3, -0.25) is 4.90 Å². The monoisotopic (exact) mass is 355 g/mol. The van der Waals surface area contributed by atoms with Crippen molar-refractivity contribution in [3.63, 3.8) is 0 Å². The van der Waals surface area contributed by atoms with Crippen LogP contribution in [-0.4, -0.2) is 55.9 Å². The Kier molecular flexibility index (Phi) is 7.34. The minimum atomic E-state index is -0.679. The highest BCUT2D eigenvalue weighted by atomic mass is 35.5. The van der Waals surface area contributed by atoms with Crippen LogP contribution in [-0.2, 0) is 14.3 Å². The molecule has 1 aliphatic rings. The fraction of sp³-hybridized carbons (Fsp3) is 0.611. The van der Waals surface area contributed by atoms with E-state index in [-0.39, 0.29) is 12.7 Å². The van der Waals surface area contributed by atoms with Crippen molar-refractivity contribution < 1.29 is 19.0 Å². The predicted octanol–water partition coefficient (Wildman–Crippen LogP) is 3.01. The van der Waals surface area contributed by atoms with Crippen LogP contribution in [0.4, 0.5) is 0 Å². The number of hydrogen-bond acceptors (Lipinski definition) is 5. The lowest BCUT2D eigenvalue weighted by molar-refractivity contribution is -0.157. The molecule has 0 N–H and O–H groups in total. The Labute approximate surface area is 148 Å². The average molecular weight is 356 g/mol. The van der Waals surface area contributed by atoms with Gasteiger partial charge in [-0.1, -0.05) is 25.4 Å². The molecule has 1 fully saturated rings. The number of rotatable bonds is 7. The quantitative estimate of drug-likeness (QED) is 0.704. The highest BCUT2D eigenvalue weighted by molar-refractivity contribution is 6.30. The van der Waals surface area contributed by atoms with Gasteiger partial charge in [0.15, 0.2) is 6.10 Å². The van der Waals surface area contributed by atoms with Crippen LogP contribution in [0, 0.1) is 5.92 Å². The van der Waals surface area contributed by atoms with E-state index in [1.54, 1.807) is 31.2 Å². The molecule has 0 amide bonds. The van der Waals surface area contributed by atoms with Crippen LogP contribution in [0.3, 0.4) is 0 Å². The van der Waals surface area contributed by atoms with Crippen molar-refractivity contribution in [3.05, 3.63) is 29.3 Å². The van der Waals surface area contributed by atoms with Crippen molar-refractivity contribution >= 4 is 17.6 Å². The minimum Gasteiger partial charge on any atom is -0.479 e. The summed E-state index contributed by atoms with van der Waals surface area (Å²) in [5, 5.41) is 0.623. The van der Waals surface area contributed by atoms with Gasteiger partial charge in [-0.15, -0.1) is 0 Å². The van der Waals surface area contributed by atoms with Crippen LogP contribution in [0.15, 0.2) is 24.3 Å². The smallest absolute Gasteiger partial charge is 0.347 e. The summed E-state index contributed by atoms with van der Waals surface area (Å²) < 4.78 is 16.6. The molecule has 0 radical (unpaired) electrons. The van der Waals surface area contributed by atoms with Crippen LogP contribution in [0.5, 0.6) is 5.75 Å². The first kappa shape index (κ1) is 19.0. The molecule has 0 bridgehead atoms. The van der Waals surface area contributed by atoms with E-state index < -0.39 is 12.1 Å². The Morgan fingerprint density at radius 3 is 2.71 bits per heavy atom. The second-order valence-corrected chi connectivity index (χ2v) is 6.93. The van der Waals surface area contributed by atoms with E-state index in [9.17, 15) is 4.79 Å². The van der Waals surface area contributed by atoms with Gasteiger partial charge in [-0.25, -0.2) is 4.79 Å². The zero-order valence-corrected chi connectivity index (χ0v) is 15.3. The molecule has 1 aliphatic heterocycles. The Hall–Kier alpha value is -1.30. The van der Waals surface area contributed by atoms with Gasteiger partial charge < -0.3 is 14.2 Å². The Balaban J connectivity index is 1.74. The van der Waals surface area contributed by atoms with E-state index in [0.29, 0.717) is 23.3 Å². The molecule has 5 nitrogen and oxygen atoms in total. The van der Waals surface area contributed by atoms with E-state index in [2.05, 4.69) is 18.7 Å². The molecule has 1 aromatic carbocycles. The van der Waals surface area contributed by atoms with Crippen molar-refractivity contribution in [1.82, 2.24) is 4.90 Å². The van der Waals surface area contributed by atoms with Crippen molar-refractivity contribution in [1.29, 1.82) is 0 Å². The minimum absolute atomic E-state index is 0.0795. The van der Waals surface area contributed by atoms with Crippen LogP contribution >= 0.6 is 11.6 Å². The SMILES string of the molecule is CC(C)CN1CCOC(COC(=O)C(C)Oc2ccc(Cl)cc2)C1. The molecule has 2 rings (SSSR count). The van der Waals surface area contributed by atoms with E-state index in [0.717, 1.165) is 19.6 Å². The fourth-order valence-electron chi connectivity index (χ4n) is 2.62. The molecular weight excluding hydrogens is 330 g/mol. The Morgan fingerprint density at radius 1 is 1.33 bits per heavy atom. The summed E-state index contributed by atoms with van der Waals surface area (Å²) in [6.45, 7) is 9.73. The molecule has 134 valence electrons. The maximum Gasteiger partial charge on any atom is 0.347 e. The third kappa shape index (κ3) is 6.30. The van der Waals surface area contributed by atoms with E-state index in [1.807, 2.05) is 0 Å². The average Bonchev–Trinajstić information content (AvgIpc) is 2.54. The molecule has 0 aliphatic carbocycles. The summed E-state index contributed by atoms with van der Waals surface area (Å²) >= 11 is 5.82. The maximum absolute atomic E-state index is 12.1. The van der Waals surface area contributed by atoms with Crippen molar-refractivity contribution in [2.45, 2.75) is 33.0 Å². The van der Waals surface area contributed by atoms with Crippen LogP contribution in [0.2, 0.25) is 5.02 Å². The van der Waals surface area contributed by atoms with Crippen LogP contribution in [0.1, 0.15) is 20.8 Å². The molecule has 6 heteroatoms. The highest BCUT2D eigenvalue weighted by Gasteiger charge is 2.24. The molecule has 0 saturated carbocycles. The van der Waals surface area contributed by atoms with Gasteiger partial charge in [0, 0.05) is 24.7 Å². The summed E-state index contributed by atoms with van der Waals surface area (Å²) in [5.74, 6) is 0.800. The zero-order chi connectivity index (χ0) is 17.5. The predicted molar refractivity (Wildman–Crippen MR) is 93.5 cm³/mol. The van der Waals surface area contributed by atoms with Crippen LogP contribution in [0.25, 0.3) is 0 Å². The number of ether oxygens (including phenoxy) is 3. The number of esters is 1. The zero-order valence-electron chi connectivity index (χ0n) is 14.5.